The van der Waals surface area contributed by atoms with Gasteiger partial charge in [-0.2, -0.15) is 0 Å². The van der Waals surface area contributed by atoms with E-state index in [4.69, 9.17) is 4.74 Å². The summed E-state index contributed by atoms with van der Waals surface area (Å²) in [6, 6.07) is 15.7. The van der Waals surface area contributed by atoms with Gasteiger partial charge in [-0.3, -0.25) is 9.59 Å². The van der Waals surface area contributed by atoms with Gasteiger partial charge in [-0.15, -0.1) is 0 Å². The van der Waals surface area contributed by atoms with Crippen LogP contribution in [0.4, 0.5) is 17.1 Å². The van der Waals surface area contributed by atoms with Crippen LogP contribution >= 0.6 is 0 Å². The number of nitrogens with one attached hydrogen (secondary N) is 1. The van der Waals surface area contributed by atoms with E-state index in [1.807, 2.05) is 41.3 Å². The maximum absolute atomic E-state index is 12.7. The zero-order valence-corrected chi connectivity index (χ0v) is 17.3. The van der Waals surface area contributed by atoms with Gasteiger partial charge in [0.25, 0.3) is 0 Å². The average molecular weight is 409 g/mol. The summed E-state index contributed by atoms with van der Waals surface area (Å²) < 4.78 is 5.22. The second kappa shape index (κ2) is 9.07. The number of anilines is 3. The van der Waals surface area contributed by atoms with Gasteiger partial charge in [0.2, 0.25) is 11.8 Å². The number of benzene rings is 2. The van der Waals surface area contributed by atoms with E-state index >= 15 is 0 Å². The van der Waals surface area contributed by atoms with Crippen molar-refractivity contribution in [2.24, 2.45) is 0 Å². The summed E-state index contributed by atoms with van der Waals surface area (Å²) in [4.78, 5) is 30.8. The SMILES string of the molecule is COc1ccc(N2CCN(C(=O)CNc3ccccc3N3CCCC3=O)CC2)cc1. The molecule has 2 fully saturated rings. The van der Waals surface area contributed by atoms with Crippen LogP contribution in [0.2, 0.25) is 0 Å². The van der Waals surface area contributed by atoms with E-state index in [2.05, 4.69) is 22.3 Å². The maximum atomic E-state index is 12.7. The van der Waals surface area contributed by atoms with Gasteiger partial charge in [0.05, 0.1) is 25.0 Å². The molecule has 7 heteroatoms. The Bertz CT molecular complexity index is 892. The maximum Gasteiger partial charge on any atom is 0.241 e. The first-order valence-corrected chi connectivity index (χ1v) is 10.5. The lowest BCUT2D eigenvalue weighted by Crippen LogP contribution is -2.50. The number of para-hydroxylation sites is 2. The summed E-state index contributed by atoms with van der Waals surface area (Å²) in [6.07, 6.45) is 1.47. The summed E-state index contributed by atoms with van der Waals surface area (Å²) in [7, 11) is 1.66. The fraction of sp³-hybridized carbons (Fsp3) is 0.391. The minimum Gasteiger partial charge on any atom is -0.497 e. The van der Waals surface area contributed by atoms with Gasteiger partial charge in [0, 0.05) is 44.8 Å². The number of ether oxygens (including phenoxy) is 1. The highest BCUT2D eigenvalue weighted by Gasteiger charge is 2.25. The van der Waals surface area contributed by atoms with Gasteiger partial charge in [0.1, 0.15) is 5.75 Å². The third-order valence-electron chi connectivity index (χ3n) is 5.77. The number of carbonyl (C=O) groups excluding carboxylic acids is 2. The van der Waals surface area contributed by atoms with E-state index in [1.165, 1.54) is 0 Å². The molecule has 2 aliphatic rings. The Morgan fingerprint density at radius 3 is 2.40 bits per heavy atom. The molecule has 2 amide bonds. The molecule has 1 N–H and O–H groups in total. The molecule has 2 heterocycles. The van der Waals surface area contributed by atoms with Gasteiger partial charge < -0.3 is 24.8 Å². The molecule has 2 aromatic rings. The van der Waals surface area contributed by atoms with Gasteiger partial charge in [-0.25, -0.2) is 0 Å². The van der Waals surface area contributed by atoms with Crippen molar-refractivity contribution in [3.8, 4) is 5.75 Å². The summed E-state index contributed by atoms with van der Waals surface area (Å²) in [6.45, 7) is 3.95. The summed E-state index contributed by atoms with van der Waals surface area (Å²) in [5, 5.41) is 3.25. The quantitative estimate of drug-likeness (QED) is 0.796. The number of nitrogens with zero attached hydrogens (tertiary/aromatic N) is 3. The summed E-state index contributed by atoms with van der Waals surface area (Å²) in [5.41, 5.74) is 2.83. The predicted octanol–water partition coefficient (Wildman–Crippen LogP) is 2.58. The topological polar surface area (TPSA) is 65.1 Å². The molecule has 0 saturated carbocycles. The monoisotopic (exact) mass is 408 g/mol. The number of hydrogen-bond donors (Lipinski definition) is 1. The Kier molecular flexibility index (Phi) is 6.07. The second-order valence-corrected chi connectivity index (χ2v) is 7.59. The Labute approximate surface area is 177 Å². The van der Waals surface area contributed by atoms with Crippen molar-refractivity contribution in [3.05, 3.63) is 48.5 Å². The molecular formula is C23H28N4O3. The number of hydrogen-bond acceptors (Lipinski definition) is 5. The standard InChI is InChI=1S/C23H28N4O3/c1-30-19-10-8-18(9-11-19)25-13-15-26(16-14-25)23(29)17-24-20-5-2-3-6-21(20)27-12-4-7-22(27)28/h2-3,5-6,8-11,24H,4,7,12-17H2,1H3. The van der Waals surface area contributed by atoms with E-state index in [0.29, 0.717) is 19.5 Å². The Balaban J connectivity index is 1.31. The van der Waals surface area contributed by atoms with E-state index in [0.717, 1.165) is 48.9 Å². The molecule has 0 bridgehead atoms. The molecule has 0 radical (unpaired) electrons. The number of amides is 2. The zero-order valence-electron chi connectivity index (χ0n) is 17.3. The average Bonchev–Trinajstić information content (AvgIpc) is 3.23. The lowest BCUT2D eigenvalue weighted by molar-refractivity contribution is -0.129. The van der Waals surface area contributed by atoms with Crippen molar-refractivity contribution >= 4 is 28.9 Å². The molecule has 158 valence electrons. The summed E-state index contributed by atoms with van der Waals surface area (Å²) >= 11 is 0. The Morgan fingerprint density at radius 2 is 1.73 bits per heavy atom. The van der Waals surface area contributed by atoms with Crippen LogP contribution in [0.3, 0.4) is 0 Å². The molecule has 0 aliphatic carbocycles. The number of rotatable bonds is 6. The first kappa shape index (κ1) is 20.1. The van der Waals surface area contributed by atoms with Gasteiger partial charge >= 0.3 is 0 Å². The van der Waals surface area contributed by atoms with Crippen molar-refractivity contribution in [2.75, 3.05) is 61.5 Å². The van der Waals surface area contributed by atoms with Gasteiger partial charge in [-0.1, -0.05) is 12.1 Å². The molecular weight excluding hydrogens is 380 g/mol. The first-order valence-electron chi connectivity index (χ1n) is 10.5. The van der Waals surface area contributed by atoms with Crippen LogP contribution in [-0.4, -0.2) is 63.1 Å². The molecule has 0 aromatic heterocycles. The van der Waals surface area contributed by atoms with Crippen molar-refractivity contribution in [3.63, 3.8) is 0 Å². The van der Waals surface area contributed by atoms with Crippen molar-refractivity contribution < 1.29 is 14.3 Å². The van der Waals surface area contributed by atoms with E-state index < -0.39 is 0 Å². The van der Waals surface area contributed by atoms with Crippen molar-refractivity contribution in [1.29, 1.82) is 0 Å². The molecule has 2 aliphatic heterocycles. The van der Waals surface area contributed by atoms with E-state index in [1.54, 1.807) is 12.0 Å². The molecule has 2 saturated heterocycles. The molecule has 0 unspecified atom stereocenters. The van der Waals surface area contributed by atoms with Crippen LogP contribution in [-0.2, 0) is 9.59 Å². The minimum atomic E-state index is 0.0759. The molecule has 0 atom stereocenters. The molecule has 0 spiro atoms. The lowest BCUT2D eigenvalue weighted by Gasteiger charge is -2.36. The third kappa shape index (κ3) is 4.35. The second-order valence-electron chi connectivity index (χ2n) is 7.59. The number of carbonyl (C=O) groups is 2. The van der Waals surface area contributed by atoms with Crippen LogP contribution in [0.15, 0.2) is 48.5 Å². The van der Waals surface area contributed by atoms with E-state index in [9.17, 15) is 9.59 Å². The largest absolute Gasteiger partial charge is 0.497 e. The van der Waals surface area contributed by atoms with E-state index in [-0.39, 0.29) is 18.4 Å². The first-order chi connectivity index (χ1) is 14.7. The number of methoxy groups -OCH3 is 1. The predicted molar refractivity (Wildman–Crippen MR) is 118 cm³/mol. The Morgan fingerprint density at radius 1 is 1.00 bits per heavy atom. The molecule has 7 nitrogen and oxygen atoms in total. The minimum absolute atomic E-state index is 0.0759. The van der Waals surface area contributed by atoms with Crippen LogP contribution in [0.25, 0.3) is 0 Å². The molecule has 30 heavy (non-hydrogen) atoms. The van der Waals surface area contributed by atoms with Crippen LogP contribution < -0.4 is 19.9 Å². The highest BCUT2D eigenvalue weighted by atomic mass is 16.5. The van der Waals surface area contributed by atoms with Crippen LogP contribution in [0.5, 0.6) is 5.75 Å². The molecule has 4 rings (SSSR count). The van der Waals surface area contributed by atoms with Gasteiger partial charge in [0.15, 0.2) is 0 Å². The van der Waals surface area contributed by atoms with Crippen molar-refractivity contribution in [1.82, 2.24) is 4.90 Å². The zero-order chi connectivity index (χ0) is 20.9. The highest BCUT2D eigenvalue weighted by molar-refractivity contribution is 5.98. The van der Waals surface area contributed by atoms with Crippen molar-refractivity contribution in [2.45, 2.75) is 12.8 Å². The fourth-order valence-corrected chi connectivity index (χ4v) is 4.05. The Hall–Kier alpha value is -3.22. The van der Waals surface area contributed by atoms with Crippen LogP contribution in [0.1, 0.15) is 12.8 Å². The highest BCUT2D eigenvalue weighted by Crippen LogP contribution is 2.29. The molecule has 2 aromatic carbocycles. The van der Waals surface area contributed by atoms with Crippen LogP contribution in [0, 0.1) is 0 Å². The fourth-order valence-electron chi connectivity index (χ4n) is 4.05. The lowest BCUT2D eigenvalue weighted by atomic mass is 10.2. The normalized spacial score (nSPS) is 16.7. The third-order valence-corrected chi connectivity index (χ3v) is 5.77. The number of piperazine rings is 1. The van der Waals surface area contributed by atoms with Gasteiger partial charge in [-0.05, 0) is 42.8 Å². The summed E-state index contributed by atoms with van der Waals surface area (Å²) in [5.74, 6) is 1.06. The smallest absolute Gasteiger partial charge is 0.241 e.